The van der Waals surface area contributed by atoms with Gasteiger partial charge in [-0.1, -0.05) is 6.58 Å². The SMILES string of the molecule is C=C(C)C(=O)OC1CC2CC1C1C3CC(C4C5CCC(C5)C34)C21. The zero-order chi connectivity index (χ0) is 15.5. The Hall–Kier alpha value is -0.790. The van der Waals surface area contributed by atoms with E-state index in [9.17, 15) is 4.79 Å². The summed E-state index contributed by atoms with van der Waals surface area (Å²) in [5, 5.41) is 0. The lowest BCUT2D eigenvalue weighted by Crippen LogP contribution is -2.44. The summed E-state index contributed by atoms with van der Waals surface area (Å²) in [6, 6.07) is 0. The van der Waals surface area contributed by atoms with Crippen LogP contribution in [-0.4, -0.2) is 12.1 Å². The van der Waals surface area contributed by atoms with E-state index in [4.69, 9.17) is 4.74 Å². The number of carbonyl (C=O) groups excluding carboxylic acids is 1. The van der Waals surface area contributed by atoms with Crippen LogP contribution in [0, 0.1) is 59.2 Å². The molecule has 11 atom stereocenters. The van der Waals surface area contributed by atoms with Gasteiger partial charge < -0.3 is 4.74 Å². The van der Waals surface area contributed by atoms with Crippen molar-refractivity contribution in [2.45, 2.75) is 51.6 Å². The average molecular weight is 312 g/mol. The minimum absolute atomic E-state index is 0.153. The first-order valence-corrected chi connectivity index (χ1v) is 10.00. The number of esters is 1. The van der Waals surface area contributed by atoms with Gasteiger partial charge in [-0.05, 0) is 105 Å². The second-order valence-electron chi connectivity index (χ2n) is 9.83. The largest absolute Gasteiger partial charge is 0.459 e. The molecule has 0 aromatic rings. The predicted molar refractivity (Wildman–Crippen MR) is 87.3 cm³/mol. The molecule has 0 saturated heterocycles. The van der Waals surface area contributed by atoms with Crippen LogP contribution in [0.3, 0.4) is 0 Å². The maximum Gasteiger partial charge on any atom is 0.333 e. The Kier molecular flexibility index (Phi) is 2.49. The number of carbonyl (C=O) groups is 1. The minimum Gasteiger partial charge on any atom is -0.459 e. The summed E-state index contributed by atoms with van der Waals surface area (Å²) >= 11 is 0. The monoisotopic (exact) mass is 312 g/mol. The Morgan fingerprint density at radius 1 is 0.826 bits per heavy atom. The highest BCUT2D eigenvalue weighted by Crippen LogP contribution is 2.76. The van der Waals surface area contributed by atoms with Gasteiger partial charge in [-0.15, -0.1) is 0 Å². The molecule has 0 radical (unpaired) electrons. The second-order valence-corrected chi connectivity index (χ2v) is 9.83. The van der Waals surface area contributed by atoms with E-state index in [0.717, 1.165) is 59.7 Å². The van der Waals surface area contributed by atoms with E-state index >= 15 is 0 Å². The van der Waals surface area contributed by atoms with Crippen molar-refractivity contribution in [3.63, 3.8) is 0 Å². The zero-order valence-electron chi connectivity index (χ0n) is 14.1. The minimum atomic E-state index is -0.153. The molecule has 6 aliphatic rings. The molecule has 6 saturated carbocycles. The summed E-state index contributed by atoms with van der Waals surface area (Å²) in [7, 11) is 0. The van der Waals surface area contributed by atoms with E-state index in [1.165, 1.54) is 19.3 Å². The molecule has 6 fully saturated rings. The predicted octanol–water partition coefficient (Wildman–Crippen LogP) is 4.06. The Balaban J connectivity index is 1.28. The molecule has 11 unspecified atom stereocenters. The maximum atomic E-state index is 12.0. The van der Waals surface area contributed by atoms with Gasteiger partial charge in [-0.25, -0.2) is 4.79 Å². The molecule has 0 aromatic carbocycles. The van der Waals surface area contributed by atoms with Crippen molar-refractivity contribution in [2.24, 2.45) is 59.2 Å². The lowest BCUT2D eigenvalue weighted by molar-refractivity contribution is -0.150. The molecule has 23 heavy (non-hydrogen) atoms. The summed E-state index contributed by atoms with van der Waals surface area (Å²) in [6.07, 6.45) is 8.87. The topological polar surface area (TPSA) is 26.3 Å². The van der Waals surface area contributed by atoms with Crippen LogP contribution >= 0.6 is 0 Å². The third-order valence-electron chi connectivity index (χ3n) is 9.25. The summed E-state index contributed by atoms with van der Waals surface area (Å²) < 4.78 is 5.86. The molecule has 124 valence electrons. The number of ether oxygens (including phenoxy) is 1. The molecule has 0 amide bonds. The van der Waals surface area contributed by atoms with Crippen molar-refractivity contribution >= 4 is 5.97 Å². The first-order chi connectivity index (χ1) is 11.1. The van der Waals surface area contributed by atoms with Crippen LogP contribution < -0.4 is 0 Å². The van der Waals surface area contributed by atoms with Crippen molar-refractivity contribution in [1.29, 1.82) is 0 Å². The molecule has 0 heterocycles. The molecular formula is C21H28O2. The van der Waals surface area contributed by atoms with E-state index in [-0.39, 0.29) is 12.1 Å². The molecule has 2 nitrogen and oxygen atoms in total. The summed E-state index contributed by atoms with van der Waals surface area (Å²) in [4.78, 5) is 12.0. The van der Waals surface area contributed by atoms with Crippen LogP contribution in [0.5, 0.6) is 0 Å². The summed E-state index contributed by atoms with van der Waals surface area (Å²) in [5.41, 5.74) is 0.561. The Morgan fingerprint density at radius 3 is 2.17 bits per heavy atom. The van der Waals surface area contributed by atoms with Gasteiger partial charge in [0.05, 0.1) is 0 Å². The highest BCUT2D eigenvalue weighted by Gasteiger charge is 2.71. The molecule has 0 aliphatic heterocycles. The smallest absolute Gasteiger partial charge is 0.333 e. The molecule has 0 N–H and O–H groups in total. The lowest BCUT2D eigenvalue weighted by Gasteiger charge is -2.46. The number of hydrogen-bond donors (Lipinski definition) is 0. The Bertz CT molecular complexity index is 595. The van der Waals surface area contributed by atoms with Crippen molar-refractivity contribution in [3.05, 3.63) is 12.2 Å². The highest BCUT2D eigenvalue weighted by molar-refractivity contribution is 5.87. The standard InChI is InChI=1S/C21H28O2/c1-9(2)21(22)23-16-7-12-6-13(16)20-15-8-14(19(12)20)17-10-3-4-11(5-10)18(15)17/h10-20H,1,3-8H2,2H3. The highest BCUT2D eigenvalue weighted by atomic mass is 16.5. The number of rotatable bonds is 2. The molecule has 6 bridgehead atoms. The van der Waals surface area contributed by atoms with Gasteiger partial charge in [0.15, 0.2) is 0 Å². The second kappa shape index (κ2) is 4.24. The number of hydrogen-bond acceptors (Lipinski definition) is 2. The van der Waals surface area contributed by atoms with E-state index < -0.39 is 0 Å². The van der Waals surface area contributed by atoms with Gasteiger partial charge in [-0.2, -0.15) is 0 Å². The third-order valence-corrected chi connectivity index (χ3v) is 9.25. The first-order valence-electron chi connectivity index (χ1n) is 10.00. The van der Waals surface area contributed by atoms with Crippen LogP contribution in [0.4, 0.5) is 0 Å². The van der Waals surface area contributed by atoms with Gasteiger partial charge in [0.2, 0.25) is 0 Å². The Morgan fingerprint density at radius 2 is 1.48 bits per heavy atom. The van der Waals surface area contributed by atoms with Crippen molar-refractivity contribution in [2.75, 3.05) is 0 Å². The normalized spacial score (nSPS) is 60.1. The quantitative estimate of drug-likeness (QED) is 0.437. The van der Waals surface area contributed by atoms with E-state index in [1.54, 1.807) is 19.8 Å². The molecular weight excluding hydrogens is 284 g/mol. The Labute approximate surface area is 139 Å². The van der Waals surface area contributed by atoms with Crippen molar-refractivity contribution in [3.8, 4) is 0 Å². The molecule has 2 heteroatoms. The summed E-state index contributed by atoms with van der Waals surface area (Å²) in [5.74, 6) is 9.69. The third kappa shape index (κ3) is 1.50. The zero-order valence-corrected chi connectivity index (χ0v) is 14.1. The van der Waals surface area contributed by atoms with Gasteiger partial charge >= 0.3 is 5.97 Å². The van der Waals surface area contributed by atoms with Crippen LogP contribution in [-0.2, 0) is 9.53 Å². The molecule has 0 aromatic heterocycles. The van der Waals surface area contributed by atoms with Crippen LogP contribution in [0.1, 0.15) is 45.4 Å². The maximum absolute atomic E-state index is 12.0. The lowest BCUT2D eigenvalue weighted by atomic mass is 9.59. The molecule has 6 rings (SSSR count). The van der Waals surface area contributed by atoms with Crippen molar-refractivity contribution in [1.82, 2.24) is 0 Å². The van der Waals surface area contributed by atoms with Crippen LogP contribution in [0.15, 0.2) is 12.2 Å². The van der Waals surface area contributed by atoms with E-state index in [2.05, 4.69) is 6.58 Å². The molecule has 0 spiro atoms. The van der Waals surface area contributed by atoms with Crippen LogP contribution in [0.25, 0.3) is 0 Å². The van der Waals surface area contributed by atoms with Gasteiger partial charge in [-0.3, -0.25) is 0 Å². The fourth-order valence-electron chi connectivity index (χ4n) is 9.11. The number of fused-ring (bicyclic) bond motifs is 16. The first kappa shape index (κ1) is 13.5. The molecule has 6 aliphatic carbocycles. The van der Waals surface area contributed by atoms with Crippen LogP contribution in [0.2, 0.25) is 0 Å². The van der Waals surface area contributed by atoms with Gasteiger partial charge in [0.1, 0.15) is 6.10 Å². The fraction of sp³-hybridized carbons (Fsp3) is 0.857. The average Bonchev–Trinajstić information content (AvgIpc) is 3.29. The van der Waals surface area contributed by atoms with Gasteiger partial charge in [0, 0.05) is 5.57 Å². The summed E-state index contributed by atoms with van der Waals surface area (Å²) in [6.45, 7) is 5.53. The van der Waals surface area contributed by atoms with Crippen molar-refractivity contribution < 1.29 is 9.53 Å². The fourth-order valence-corrected chi connectivity index (χ4v) is 9.11. The van der Waals surface area contributed by atoms with E-state index in [0.29, 0.717) is 11.5 Å². The van der Waals surface area contributed by atoms with E-state index in [1.807, 2.05) is 0 Å². The van der Waals surface area contributed by atoms with Gasteiger partial charge in [0.25, 0.3) is 0 Å².